The molecule has 0 aliphatic carbocycles. The van der Waals surface area contributed by atoms with Gasteiger partial charge in [0.25, 0.3) is 0 Å². The molecule has 72 valence electrons. The number of nitrogens with one attached hydrogen (secondary N) is 1. The summed E-state index contributed by atoms with van der Waals surface area (Å²) in [5.41, 5.74) is 7.08. The van der Waals surface area contributed by atoms with E-state index >= 15 is 0 Å². The number of para-hydroxylation sites is 1. The molecule has 1 aromatic carbocycles. The quantitative estimate of drug-likeness (QED) is 0.742. The second-order valence-electron chi connectivity index (χ2n) is 2.76. The molecule has 1 heterocycles. The van der Waals surface area contributed by atoms with Gasteiger partial charge in [-0.05, 0) is 12.1 Å². The Morgan fingerprint density at radius 2 is 2.07 bits per heavy atom. The predicted molar refractivity (Wildman–Crippen MR) is 52.8 cm³/mol. The van der Waals surface area contributed by atoms with Crippen molar-refractivity contribution in [3.05, 3.63) is 24.3 Å². The van der Waals surface area contributed by atoms with Crippen LogP contribution < -0.4 is 10.5 Å². The van der Waals surface area contributed by atoms with Crippen molar-refractivity contribution < 1.29 is 4.74 Å². The molecule has 0 bridgehead atoms. The number of hydrogen-bond acceptors (Lipinski definition) is 4. The van der Waals surface area contributed by atoms with Crippen LogP contribution in [0.25, 0.3) is 11.3 Å². The number of nitrogen functional groups attached to an aromatic ring is 1. The number of aromatic nitrogens is 3. The van der Waals surface area contributed by atoms with Crippen molar-refractivity contribution in [3.8, 4) is 17.0 Å². The van der Waals surface area contributed by atoms with E-state index in [1.807, 2.05) is 24.3 Å². The Bertz CT molecular complexity index is 438. The Hall–Kier alpha value is -2.04. The molecule has 0 unspecified atom stereocenters. The summed E-state index contributed by atoms with van der Waals surface area (Å²) in [6.45, 7) is 0. The van der Waals surface area contributed by atoms with E-state index in [2.05, 4.69) is 15.4 Å². The van der Waals surface area contributed by atoms with Crippen LogP contribution in [-0.4, -0.2) is 22.5 Å². The lowest BCUT2D eigenvalue weighted by atomic mass is 10.1. The monoisotopic (exact) mass is 190 g/mol. The average Bonchev–Trinajstić information content (AvgIpc) is 2.64. The maximum Gasteiger partial charge on any atom is 0.173 e. The SMILES string of the molecule is COc1ccccc1-c1n[nH]nc1N. The average molecular weight is 190 g/mol. The summed E-state index contributed by atoms with van der Waals surface area (Å²) in [6.07, 6.45) is 0. The molecule has 0 atom stereocenters. The summed E-state index contributed by atoms with van der Waals surface area (Å²) in [5, 5.41) is 10.2. The number of H-pyrrole nitrogens is 1. The third kappa shape index (κ3) is 1.28. The van der Waals surface area contributed by atoms with Crippen LogP contribution in [-0.2, 0) is 0 Å². The summed E-state index contributed by atoms with van der Waals surface area (Å²) in [4.78, 5) is 0. The second kappa shape index (κ2) is 3.37. The van der Waals surface area contributed by atoms with Crippen LogP contribution in [0.4, 0.5) is 5.82 Å². The molecule has 1 aromatic heterocycles. The number of nitrogens with zero attached hydrogens (tertiary/aromatic N) is 2. The van der Waals surface area contributed by atoms with E-state index in [1.165, 1.54) is 0 Å². The summed E-state index contributed by atoms with van der Waals surface area (Å²) >= 11 is 0. The fourth-order valence-corrected chi connectivity index (χ4v) is 1.28. The van der Waals surface area contributed by atoms with E-state index < -0.39 is 0 Å². The lowest BCUT2D eigenvalue weighted by Gasteiger charge is -2.04. The van der Waals surface area contributed by atoms with Crippen molar-refractivity contribution in [1.29, 1.82) is 0 Å². The summed E-state index contributed by atoms with van der Waals surface area (Å²) in [7, 11) is 1.61. The highest BCUT2D eigenvalue weighted by molar-refractivity contribution is 5.74. The second-order valence-corrected chi connectivity index (χ2v) is 2.76. The van der Waals surface area contributed by atoms with E-state index in [0.29, 0.717) is 11.5 Å². The molecule has 0 fully saturated rings. The van der Waals surface area contributed by atoms with Gasteiger partial charge >= 0.3 is 0 Å². The van der Waals surface area contributed by atoms with Crippen LogP contribution in [0.5, 0.6) is 5.75 Å². The highest BCUT2D eigenvalue weighted by atomic mass is 16.5. The van der Waals surface area contributed by atoms with Crippen LogP contribution in [0, 0.1) is 0 Å². The fourth-order valence-electron chi connectivity index (χ4n) is 1.28. The molecular weight excluding hydrogens is 180 g/mol. The number of rotatable bonds is 2. The molecule has 0 aliphatic heterocycles. The third-order valence-corrected chi connectivity index (χ3v) is 1.94. The van der Waals surface area contributed by atoms with Gasteiger partial charge < -0.3 is 10.5 Å². The van der Waals surface area contributed by atoms with Gasteiger partial charge in [0.15, 0.2) is 5.82 Å². The predicted octanol–water partition coefficient (Wildman–Crippen LogP) is 1.06. The minimum atomic E-state index is 0.370. The number of anilines is 1. The van der Waals surface area contributed by atoms with Crippen molar-refractivity contribution in [2.75, 3.05) is 12.8 Å². The Morgan fingerprint density at radius 1 is 1.29 bits per heavy atom. The first-order chi connectivity index (χ1) is 6.83. The molecule has 0 saturated carbocycles. The first kappa shape index (κ1) is 8.55. The Labute approximate surface area is 80.9 Å². The van der Waals surface area contributed by atoms with Crippen molar-refractivity contribution >= 4 is 5.82 Å². The molecule has 0 radical (unpaired) electrons. The summed E-state index contributed by atoms with van der Waals surface area (Å²) in [5.74, 6) is 1.10. The van der Waals surface area contributed by atoms with E-state index in [9.17, 15) is 0 Å². The molecule has 5 nitrogen and oxygen atoms in total. The topological polar surface area (TPSA) is 76.8 Å². The zero-order valence-electron chi connectivity index (χ0n) is 7.69. The summed E-state index contributed by atoms with van der Waals surface area (Å²) < 4.78 is 5.19. The minimum Gasteiger partial charge on any atom is -0.496 e. The third-order valence-electron chi connectivity index (χ3n) is 1.94. The zero-order chi connectivity index (χ0) is 9.97. The number of benzene rings is 1. The molecular formula is C9H10N4O. The van der Waals surface area contributed by atoms with Crippen LogP contribution in [0.1, 0.15) is 0 Å². The molecule has 0 amide bonds. The molecule has 0 spiro atoms. The molecule has 0 aliphatic rings. The largest absolute Gasteiger partial charge is 0.496 e. The highest BCUT2D eigenvalue weighted by Crippen LogP contribution is 2.30. The summed E-state index contributed by atoms with van der Waals surface area (Å²) in [6, 6.07) is 7.51. The van der Waals surface area contributed by atoms with Crippen LogP contribution in [0.2, 0.25) is 0 Å². The number of ether oxygens (including phenoxy) is 1. The Balaban J connectivity index is 2.56. The van der Waals surface area contributed by atoms with Gasteiger partial charge in [-0.3, -0.25) is 0 Å². The van der Waals surface area contributed by atoms with E-state index in [-0.39, 0.29) is 0 Å². The first-order valence-electron chi connectivity index (χ1n) is 4.12. The smallest absolute Gasteiger partial charge is 0.173 e. The van der Waals surface area contributed by atoms with Gasteiger partial charge in [0.1, 0.15) is 11.4 Å². The molecule has 2 aromatic rings. The van der Waals surface area contributed by atoms with Gasteiger partial charge in [0.2, 0.25) is 0 Å². The number of nitrogens with two attached hydrogens (primary N) is 1. The van der Waals surface area contributed by atoms with Gasteiger partial charge in [-0.15, -0.1) is 5.10 Å². The lowest BCUT2D eigenvalue weighted by molar-refractivity contribution is 0.416. The molecule has 2 rings (SSSR count). The minimum absolute atomic E-state index is 0.370. The Kier molecular flexibility index (Phi) is 2.06. The molecule has 14 heavy (non-hydrogen) atoms. The standard InChI is InChI=1S/C9H10N4O/c1-14-7-5-3-2-4-6(7)8-9(10)12-13-11-8/h2-5H,1H3,(H3,10,11,12,13). The van der Waals surface area contributed by atoms with Gasteiger partial charge in [-0.25, -0.2) is 0 Å². The highest BCUT2D eigenvalue weighted by Gasteiger charge is 2.11. The van der Waals surface area contributed by atoms with Crippen LogP contribution in [0.15, 0.2) is 24.3 Å². The van der Waals surface area contributed by atoms with Crippen molar-refractivity contribution in [2.24, 2.45) is 0 Å². The lowest BCUT2D eigenvalue weighted by Crippen LogP contribution is -1.91. The maximum atomic E-state index is 5.64. The van der Waals surface area contributed by atoms with Crippen molar-refractivity contribution in [3.63, 3.8) is 0 Å². The van der Waals surface area contributed by atoms with Gasteiger partial charge in [-0.1, -0.05) is 12.1 Å². The van der Waals surface area contributed by atoms with Crippen LogP contribution in [0.3, 0.4) is 0 Å². The van der Waals surface area contributed by atoms with Crippen LogP contribution >= 0.6 is 0 Å². The van der Waals surface area contributed by atoms with Crippen molar-refractivity contribution in [1.82, 2.24) is 15.4 Å². The number of methoxy groups -OCH3 is 1. The van der Waals surface area contributed by atoms with E-state index in [0.717, 1.165) is 11.3 Å². The Morgan fingerprint density at radius 3 is 2.71 bits per heavy atom. The number of hydrogen-bond donors (Lipinski definition) is 2. The normalized spacial score (nSPS) is 10.1. The molecule has 3 N–H and O–H groups in total. The fraction of sp³-hybridized carbons (Fsp3) is 0.111. The maximum absolute atomic E-state index is 5.64. The zero-order valence-corrected chi connectivity index (χ0v) is 7.69. The molecule has 0 saturated heterocycles. The van der Waals surface area contributed by atoms with Gasteiger partial charge in [0, 0.05) is 5.56 Å². The van der Waals surface area contributed by atoms with E-state index in [1.54, 1.807) is 7.11 Å². The van der Waals surface area contributed by atoms with E-state index in [4.69, 9.17) is 10.5 Å². The van der Waals surface area contributed by atoms with Gasteiger partial charge in [0.05, 0.1) is 7.11 Å². The first-order valence-corrected chi connectivity index (χ1v) is 4.12. The number of aromatic amines is 1. The molecule has 5 heteroatoms. The van der Waals surface area contributed by atoms with Gasteiger partial charge in [-0.2, -0.15) is 10.3 Å². The van der Waals surface area contributed by atoms with Crippen molar-refractivity contribution in [2.45, 2.75) is 0 Å².